The molecule has 0 aromatic carbocycles. The van der Waals surface area contributed by atoms with Crippen LogP contribution in [0.5, 0.6) is 0 Å². The zero-order valence-corrected chi connectivity index (χ0v) is 9.02. The molecular weight excluding hydrogens is 255 g/mol. The van der Waals surface area contributed by atoms with E-state index in [-0.39, 0.29) is 17.9 Å². The molecule has 0 saturated heterocycles. The van der Waals surface area contributed by atoms with Crippen LogP contribution < -0.4 is 11.1 Å². The summed E-state index contributed by atoms with van der Waals surface area (Å²) in [6, 6.07) is 0. The largest absolute Gasteiger partial charge is 0.405 e. The van der Waals surface area contributed by atoms with Crippen LogP contribution in [0.25, 0.3) is 0 Å². The number of hydrogen-bond donors (Lipinski definition) is 2. The molecule has 0 aliphatic heterocycles. The number of nitrogens with zero attached hydrogens (tertiary/aromatic N) is 3. The lowest BCUT2D eigenvalue weighted by Gasteiger charge is -2.12. The summed E-state index contributed by atoms with van der Waals surface area (Å²) in [6.45, 7) is -1.35. The van der Waals surface area contributed by atoms with E-state index in [1.165, 1.54) is 0 Å². The summed E-state index contributed by atoms with van der Waals surface area (Å²) in [4.78, 5) is 9.72. The van der Waals surface area contributed by atoms with Crippen molar-refractivity contribution in [3.8, 4) is 0 Å². The van der Waals surface area contributed by atoms with Crippen molar-refractivity contribution in [2.45, 2.75) is 12.7 Å². The van der Waals surface area contributed by atoms with Crippen molar-refractivity contribution >= 4 is 5.69 Å². The van der Waals surface area contributed by atoms with E-state index in [9.17, 15) is 23.3 Å². The van der Waals surface area contributed by atoms with E-state index in [0.717, 1.165) is 23.3 Å². The molecule has 0 fully saturated rings. The van der Waals surface area contributed by atoms with Crippen molar-refractivity contribution in [3.63, 3.8) is 0 Å². The van der Waals surface area contributed by atoms with E-state index in [4.69, 9.17) is 5.73 Å². The van der Waals surface area contributed by atoms with Crippen LogP contribution in [0.2, 0.25) is 0 Å². The van der Waals surface area contributed by atoms with Crippen LogP contribution in [0.3, 0.4) is 0 Å². The van der Waals surface area contributed by atoms with Crippen LogP contribution in [-0.4, -0.2) is 27.4 Å². The first-order valence-corrected chi connectivity index (χ1v) is 4.70. The number of alkyl halides is 3. The highest BCUT2D eigenvalue weighted by atomic mass is 19.4. The smallest absolute Gasteiger partial charge is 0.403 e. The first-order chi connectivity index (χ1) is 8.31. The van der Waals surface area contributed by atoms with Crippen LogP contribution in [0.15, 0.2) is 24.3 Å². The Morgan fingerprint density at radius 3 is 2.78 bits per heavy atom. The maximum Gasteiger partial charge on any atom is 0.405 e. The first kappa shape index (κ1) is 13.8. The van der Waals surface area contributed by atoms with Gasteiger partial charge in [0.2, 0.25) is 0 Å². The average molecular weight is 265 g/mol. The predicted octanol–water partition coefficient (Wildman–Crippen LogP) is 0.743. The van der Waals surface area contributed by atoms with Crippen molar-refractivity contribution < 1.29 is 18.1 Å². The van der Waals surface area contributed by atoms with Gasteiger partial charge in [-0.25, -0.2) is 0 Å². The Morgan fingerprint density at radius 1 is 1.67 bits per heavy atom. The molecule has 0 saturated carbocycles. The predicted molar refractivity (Wildman–Crippen MR) is 55.2 cm³/mol. The third-order valence-electron chi connectivity index (χ3n) is 1.88. The Kier molecular flexibility index (Phi) is 4.13. The fourth-order valence-corrected chi connectivity index (χ4v) is 1.09. The first-order valence-electron chi connectivity index (χ1n) is 4.70. The van der Waals surface area contributed by atoms with Gasteiger partial charge in [-0.15, -0.1) is 0 Å². The van der Waals surface area contributed by atoms with Gasteiger partial charge < -0.3 is 11.1 Å². The third kappa shape index (κ3) is 4.31. The van der Waals surface area contributed by atoms with Crippen LogP contribution in [0.4, 0.5) is 18.9 Å². The van der Waals surface area contributed by atoms with Crippen molar-refractivity contribution in [3.05, 3.63) is 34.4 Å². The molecule has 0 amide bonds. The normalized spacial score (nSPS) is 12.5. The minimum absolute atomic E-state index is 0.0605. The molecule has 0 spiro atoms. The molecule has 0 atom stereocenters. The number of hydrogen-bond acceptors (Lipinski definition) is 5. The van der Waals surface area contributed by atoms with Crippen LogP contribution in [-0.2, 0) is 6.54 Å². The molecule has 1 heterocycles. The zero-order chi connectivity index (χ0) is 13.8. The number of allylic oxidation sites excluding steroid dienone is 1. The van der Waals surface area contributed by atoms with Gasteiger partial charge in [-0.3, -0.25) is 14.8 Å². The van der Waals surface area contributed by atoms with Crippen molar-refractivity contribution in [1.29, 1.82) is 0 Å². The number of aromatic nitrogens is 2. The standard InChI is InChI=1S/C8H10F3N5O2/c9-8(10,11)5-13-6(1-12)3-15-4-7(2-14-15)16(17)18/h1-2,4,13H,3,5,12H2/b6-1-. The summed E-state index contributed by atoms with van der Waals surface area (Å²) in [5.74, 6) is 0. The second-order valence-electron chi connectivity index (χ2n) is 3.31. The van der Waals surface area contributed by atoms with Gasteiger partial charge in [0.1, 0.15) is 18.9 Å². The molecular formula is C8H10F3N5O2. The highest BCUT2D eigenvalue weighted by Crippen LogP contribution is 2.13. The van der Waals surface area contributed by atoms with Crippen molar-refractivity contribution in [2.24, 2.45) is 5.73 Å². The molecule has 3 N–H and O–H groups in total. The van der Waals surface area contributed by atoms with Crippen molar-refractivity contribution in [1.82, 2.24) is 15.1 Å². The molecule has 1 aromatic rings. The van der Waals surface area contributed by atoms with E-state index in [1.54, 1.807) is 0 Å². The molecule has 0 unspecified atom stereocenters. The van der Waals surface area contributed by atoms with Gasteiger partial charge in [0.25, 0.3) is 0 Å². The van der Waals surface area contributed by atoms with E-state index in [0.29, 0.717) is 0 Å². The second kappa shape index (κ2) is 5.38. The molecule has 10 heteroatoms. The van der Waals surface area contributed by atoms with Crippen LogP contribution in [0, 0.1) is 10.1 Å². The Morgan fingerprint density at radius 2 is 2.33 bits per heavy atom. The lowest BCUT2D eigenvalue weighted by molar-refractivity contribution is -0.385. The number of nitro groups is 1. The molecule has 1 rings (SSSR count). The summed E-state index contributed by atoms with van der Waals surface area (Å²) >= 11 is 0. The average Bonchev–Trinajstić information content (AvgIpc) is 2.71. The molecule has 0 bridgehead atoms. The fraction of sp³-hybridized carbons (Fsp3) is 0.375. The second-order valence-corrected chi connectivity index (χ2v) is 3.31. The van der Waals surface area contributed by atoms with E-state index >= 15 is 0 Å². The summed E-state index contributed by atoms with van der Waals surface area (Å²) in [5.41, 5.74) is 4.96. The Bertz CT molecular complexity index is 454. The summed E-state index contributed by atoms with van der Waals surface area (Å²) in [5, 5.41) is 16.1. The Labute approximate surface area is 99.2 Å². The van der Waals surface area contributed by atoms with E-state index in [1.807, 2.05) is 0 Å². The SMILES string of the molecule is N/C=C(/Cn1cc([N+](=O)[O-])cn1)NCC(F)(F)F. The minimum Gasteiger partial charge on any atom is -0.403 e. The maximum atomic E-state index is 12.0. The van der Waals surface area contributed by atoms with Gasteiger partial charge in [0.05, 0.1) is 11.5 Å². The maximum absolute atomic E-state index is 12.0. The van der Waals surface area contributed by atoms with E-state index < -0.39 is 17.6 Å². The highest BCUT2D eigenvalue weighted by molar-refractivity contribution is 5.21. The summed E-state index contributed by atoms with van der Waals surface area (Å²) in [7, 11) is 0. The molecule has 1 aromatic heterocycles. The number of nitrogens with two attached hydrogens (primary N) is 1. The number of rotatable bonds is 5. The lowest BCUT2D eigenvalue weighted by Crippen LogP contribution is -2.30. The Hall–Kier alpha value is -2.26. The summed E-state index contributed by atoms with van der Waals surface area (Å²) < 4.78 is 37.0. The quantitative estimate of drug-likeness (QED) is 0.604. The van der Waals surface area contributed by atoms with Crippen LogP contribution >= 0.6 is 0 Å². The van der Waals surface area contributed by atoms with E-state index in [2.05, 4.69) is 10.4 Å². The van der Waals surface area contributed by atoms with Gasteiger partial charge in [0, 0.05) is 11.9 Å². The molecule has 0 aliphatic rings. The summed E-state index contributed by atoms with van der Waals surface area (Å²) in [6.07, 6.45) is -1.32. The lowest BCUT2D eigenvalue weighted by atomic mass is 10.4. The third-order valence-corrected chi connectivity index (χ3v) is 1.88. The zero-order valence-electron chi connectivity index (χ0n) is 9.02. The van der Waals surface area contributed by atoms with Crippen molar-refractivity contribution in [2.75, 3.05) is 6.54 Å². The number of halogens is 3. The molecule has 7 nitrogen and oxygen atoms in total. The molecule has 100 valence electrons. The van der Waals surface area contributed by atoms with Gasteiger partial charge in [-0.1, -0.05) is 0 Å². The van der Waals surface area contributed by atoms with Gasteiger partial charge >= 0.3 is 11.9 Å². The Balaban J connectivity index is 2.60. The highest BCUT2D eigenvalue weighted by Gasteiger charge is 2.27. The fourth-order valence-electron chi connectivity index (χ4n) is 1.09. The molecule has 0 radical (unpaired) electrons. The topological polar surface area (TPSA) is 99.0 Å². The van der Waals surface area contributed by atoms with Gasteiger partial charge in [-0.05, 0) is 0 Å². The van der Waals surface area contributed by atoms with Gasteiger partial charge in [0.15, 0.2) is 0 Å². The van der Waals surface area contributed by atoms with Gasteiger partial charge in [-0.2, -0.15) is 18.3 Å². The molecule has 0 aliphatic carbocycles. The van der Waals surface area contributed by atoms with Crippen LogP contribution in [0.1, 0.15) is 0 Å². The molecule has 18 heavy (non-hydrogen) atoms. The minimum atomic E-state index is -4.37. The monoisotopic (exact) mass is 265 g/mol. The number of nitrogens with one attached hydrogen (secondary N) is 1.